The predicted molar refractivity (Wildman–Crippen MR) is 141 cm³/mol. The van der Waals surface area contributed by atoms with Crippen LogP contribution in [0, 0.1) is 0 Å². The van der Waals surface area contributed by atoms with Crippen molar-refractivity contribution in [2.45, 2.75) is 12.5 Å². The molecule has 0 unspecified atom stereocenters. The van der Waals surface area contributed by atoms with E-state index in [9.17, 15) is 9.59 Å². The summed E-state index contributed by atoms with van der Waals surface area (Å²) < 4.78 is 1.86. The van der Waals surface area contributed by atoms with Gasteiger partial charge in [-0.2, -0.15) is 5.10 Å². The van der Waals surface area contributed by atoms with Crippen molar-refractivity contribution in [1.29, 1.82) is 0 Å². The third kappa shape index (κ3) is 5.08. The van der Waals surface area contributed by atoms with Crippen LogP contribution in [-0.2, 0) is 11.2 Å². The van der Waals surface area contributed by atoms with Crippen molar-refractivity contribution in [3.63, 3.8) is 0 Å². The Hall–Kier alpha value is -4.56. The van der Waals surface area contributed by atoms with Crippen LogP contribution in [0.5, 0.6) is 0 Å². The summed E-state index contributed by atoms with van der Waals surface area (Å²) in [6.45, 7) is 0. The summed E-state index contributed by atoms with van der Waals surface area (Å²) in [6, 6.07) is 27.9. The van der Waals surface area contributed by atoms with E-state index in [0.717, 1.165) is 33.1 Å². The number of rotatable bonds is 8. The van der Waals surface area contributed by atoms with Crippen LogP contribution in [0.3, 0.4) is 0 Å². The zero-order valence-electron chi connectivity index (χ0n) is 19.2. The molecular weight excluding hydrogens is 470 g/mol. The number of aromatic nitrogens is 3. The van der Waals surface area contributed by atoms with Crippen LogP contribution in [-0.4, -0.2) is 32.6 Å². The second-order valence-electron chi connectivity index (χ2n) is 8.19. The molecule has 0 radical (unpaired) electrons. The number of hydrogen-bond donors (Lipinski definition) is 2. The summed E-state index contributed by atoms with van der Waals surface area (Å²) in [7, 11) is 0. The van der Waals surface area contributed by atoms with Gasteiger partial charge in [-0.1, -0.05) is 48.5 Å². The number of nitrogens with zero attached hydrogens (tertiary/aromatic N) is 3. The maximum Gasteiger partial charge on any atom is 0.262 e. The van der Waals surface area contributed by atoms with Crippen LogP contribution >= 0.6 is 11.3 Å². The quantitative estimate of drug-likeness (QED) is 0.332. The first-order valence-electron chi connectivity index (χ1n) is 11.4. The maximum atomic E-state index is 13.0. The largest absolute Gasteiger partial charge is 0.368 e. The first kappa shape index (κ1) is 23.2. The summed E-state index contributed by atoms with van der Waals surface area (Å²) >= 11 is 1.33. The minimum atomic E-state index is -0.808. The molecule has 0 fully saturated rings. The first-order chi connectivity index (χ1) is 17.6. The van der Waals surface area contributed by atoms with Crippen LogP contribution in [0.15, 0.2) is 103 Å². The average molecular weight is 494 g/mol. The summed E-state index contributed by atoms with van der Waals surface area (Å²) in [4.78, 5) is 30.6. The lowest BCUT2D eigenvalue weighted by Crippen LogP contribution is -2.45. The van der Waals surface area contributed by atoms with Crippen LogP contribution in [0.25, 0.3) is 27.5 Å². The normalized spacial score (nSPS) is 11.7. The second-order valence-corrected chi connectivity index (χ2v) is 9.27. The Morgan fingerprint density at radius 3 is 2.39 bits per heavy atom. The van der Waals surface area contributed by atoms with Crippen molar-refractivity contribution in [2.75, 3.05) is 0 Å². The van der Waals surface area contributed by atoms with Gasteiger partial charge in [0.25, 0.3) is 5.91 Å². The molecule has 0 bridgehead atoms. The number of nitrogens with two attached hydrogens (primary N) is 1. The number of para-hydroxylation sites is 1. The van der Waals surface area contributed by atoms with Gasteiger partial charge in [0, 0.05) is 24.4 Å². The van der Waals surface area contributed by atoms with Crippen molar-refractivity contribution < 1.29 is 9.59 Å². The van der Waals surface area contributed by atoms with Crippen LogP contribution < -0.4 is 11.1 Å². The van der Waals surface area contributed by atoms with Gasteiger partial charge in [-0.25, -0.2) is 4.68 Å². The number of hydrogen-bond acceptors (Lipinski definition) is 5. The molecule has 8 heteroatoms. The van der Waals surface area contributed by atoms with Crippen LogP contribution in [0.1, 0.15) is 15.2 Å². The monoisotopic (exact) mass is 493 g/mol. The molecule has 3 aromatic heterocycles. The van der Waals surface area contributed by atoms with E-state index in [1.54, 1.807) is 18.5 Å². The van der Waals surface area contributed by atoms with E-state index in [2.05, 4.69) is 10.3 Å². The Bertz CT molecular complexity index is 1480. The second kappa shape index (κ2) is 10.4. The third-order valence-electron chi connectivity index (χ3n) is 5.68. The maximum absolute atomic E-state index is 13.0. The lowest BCUT2D eigenvalue weighted by atomic mass is 10.1. The first-order valence-corrected chi connectivity index (χ1v) is 12.2. The molecule has 0 saturated heterocycles. The standard InChI is InChI=1S/C28H23N5O2S/c29-27(34)23(16-19-8-3-1-4-9-19)31-28(35)26-14-13-25(36-26)24-17-22(20-10-7-15-30-18-20)32-33(24)21-11-5-2-6-12-21/h1-15,17-18,23H,16H2,(H2,29,34)(H,31,35)/t23-/m0/s1. The molecule has 178 valence electrons. The summed E-state index contributed by atoms with van der Waals surface area (Å²) in [6.07, 6.45) is 3.82. The topological polar surface area (TPSA) is 103 Å². The molecule has 2 aromatic carbocycles. The molecule has 7 nitrogen and oxygen atoms in total. The van der Waals surface area contributed by atoms with Crippen LogP contribution in [0.2, 0.25) is 0 Å². The van der Waals surface area contributed by atoms with Crippen molar-refractivity contribution >= 4 is 23.2 Å². The number of nitrogens with one attached hydrogen (secondary N) is 1. The highest BCUT2D eigenvalue weighted by molar-refractivity contribution is 7.17. The third-order valence-corrected chi connectivity index (χ3v) is 6.79. The van der Waals surface area contributed by atoms with Crippen molar-refractivity contribution in [3.05, 3.63) is 114 Å². The van der Waals surface area contributed by atoms with E-state index in [1.165, 1.54) is 11.3 Å². The zero-order valence-corrected chi connectivity index (χ0v) is 20.1. The molecule has 3 N–H and O–H groups in total. The van der Waals surface area contributed by atoms with Gasteiger partial charge in [-0.3, -0.25) is 14.6 Å². The van der Waals surface area contributed by atoms with E-state index in [0.29, 0.717) is 11.3 Å². The Morgan fingerprint density at radius 2 is 1.69 bits per heavy atom. The fourth-order valence-electron chi connectivity index (χ4n) is 3.88. The number of benzene rings is 2. The van der Waals surface area contributed by atoms with Crippen molar-refractivity contribution in [1.82, 2.24) is 20.1 Å². The Kier molecular flexibility index (Phi) is 6.68. The molecule has 0 aliphatic carbocycles. The molecule has 5 rings (SSSR count). The minimum Gasteiger partial charge on any atom is -0.368 e. The predicted octanol–water partition coefficient (Wildman–Crippen LogP) is 4.49. The van der Waals surface area contributed by atoms with Gasteiger partial charge >= 0.3 is 0 Å². The summed E-state index contributed by atoms with van der Waals surface area (Å²) in [5.74, 6) is -0.920. The SMILES string of the molecule is NC(=O)[C@H](Cc1ccccc1)NC(=O)c1ccc(-c2cc(-c3cccnc3)nn2-c2ccccc2)s1. The van der Waals surface area contributed by atoms with Gasteiger partial charge in [-0.15, -0.1) is 11.3 Å². The van der Waals surface area contributed by atoms with Gasteiger partial charge in [0.1, 0.15) is 6.04 Å². The Labute approximate surface area is 212 Å². The number of carbonyl (C=O) groups excluding carboxylic acids is 2. The molecular formula is C28H23N5O2S. The Balaban J connectivity index is 1.44. The van der Waals surface area contributed by atoms with Gasteiger partial charge in [-0.05, 0) is 48.0 Å². The smallest absolute Gasteiger partial charge is 0.262 e. The minimum absolute atomic E-state index is 0.329. The number of primary amides is 1. The van der Waals surface area contributed by atoms with E-state index in [-0.39, 0.29) is 5.91 Å². The summed E-state index contributed by atoms with van der Waals surface area (Å²) in [5.41, 5.74) is 9.92. The molecule has 0 aliphatic rings. The van der Waals surface area contributed by atoms with Gasteiger partial charge in [0.05, 0.1) is 26.8 Å². The molecule has 0 aliphatic heterocycles. The van der Waals surface area contributed by atoms with E-state index in [4.69, 9.17) is 10.8 Å². The number of amides is 2. The van der Waals surface area contributed by atoms with Gasteiger partial charge in [0.2, 0.25) is 5.91 Å². The van der Waals surface area contributed by atoms with Crippen molar-refractivity contribution in [2.24, 2.45) is 5.73 Å². The van der Waals surface area contributed by atoms with E-state index < -0.39 is 11.9 Å². The molecule has 2 amide bonds. The molecule has 0 saturated carbocycles. The zero-order chi connectivity index (χ0) is 24.9. The molecule has 5 aromatic rings. The fraction of sp³-hybridized carbons (Fsp3) is 0.0714. The molecule has 1 atom stereocenters. The molecule has 0 spiro atoms. The lowest BCUT2D eigenvalue weighted by Gasteiger charge is -2.15. The highest BCUT2D eigenvalue weighted by Gasteiger charge is 2.22. The summed E-state index contributed by atoms with van der Waals surface area (Å²) in [5, 5.41) is 7.61. The molecule has 36 heavy (non-hydrogen) atoms. The van der Waals surface area contributed by atoms with Crippen molar-refractivity contribution in [3.8, 4) is 27.5 Å². The number of pyridine rings is 1. The number of carbonyl (C=O) groups is 2. The van der Waals surface area contributed by atoms with E-state index in [1.807, 2.05) is 89.6 Å². The lowest BCUT2D eigenvalue weighted by molar-refractivity contribution is -0.119. The number of thiophene rings is 1. The van der Waals surface area contributed by atoms with Gasteiger partial charge in [0.15, 0.2) is 0 Å². The molecule has 3 heterocycles. The Morgan fingerprint density at radius 1 is 0.944 bits per heavy atom. The van der Waals surface area contributed by atoms with Crippen LogP contribution in [0.4, 0.5) is 0 Å². The van der Waals surface area contributed by atoms with E-state index >= 15 is 0 Å². The highest BCUT2D eigenvalue weighted by atomic mass is 32.1. The average Bonchev–Trinajstić information content (AvgIpc) is 3.58. The fourth-order valence-corrected chi connectivity index (χ4v) is 4.79. The van der Waals surface area contributed by atoms with Gasteiger partial charge < -0.3 is 11.1 Å². The highest BCUT2D eigenvalue weighted by Crippen LogP contribution is 2.33.